The first-order valence-corrected chi connectivity index (χ1v) is 7.27. The number of hydrogen-bond donors (Lipinski definition) is 1. The van der Waals surface area contributed by atoms with Gasteiger partial charge in [0, 0.05) is 13.0 Å². The molecule has 1 amide bonds. The molecule has 0 fully saturated rings. The third-order valence-corrected chi connectivity index (χ3v) is 2.82. The van der Waals surface area contributed by atoms with E-state index in [1.54, 1.807) is 0 Å². The lowest BCUT2D eigenvalue weighted by Crippen LogP contribution is -2.27. The summed E-state index contributed by atoms with van der Waals surface area (Å²) in [5.74, 6) is 0.911. The molecule has 0 radical (unpaired) electrons. The summed E-state index contributed by atoms with van der Waals surface area (Å²) in [6, 6.07) is 7.87. The Morgan fingerprint density at radius 1 is 1.29 bits per heavy atom. The van der Waals surface area contributed by atoms with Crippen molar-refractivity contribution < 1.29 is 14.3 Å². The maximum absolute atomic E-state index is 11.6. The Labute approximate surface area is 127 Å². The number of amides is 1. The summed E-state index contributed by atoms with van der Waals surface area (Å²) in [7, 11) is 0. The quantitative estimate of drug-likeness (QED) is 0.532. The Hall–Kier alpha value is -1.81. The fourth-order valence-corrected chi connectivity index (χ4v) is 1.73. The standard InChI is InChI=1S/C17H25NO3/c1-14(2)13-20-12-10-18-17(19)9-6-11-21-16-8-5-4-7-15(16)3/h4-5,7-8H,1,6,9-13H2,2-3H3,(H,18,19). The van der Waals surface area contributed by atoms with Crippen molar-refractivity contribution in [1.82, 2.24) is 5.32 Å². The van der Waals surface area contributed by atoms with Crippen LogP contribution in [0.1, 0.15) is 25.3 Å². The SMILES string of the molecule is C=C(C)COCCNC(=O)CCCOc1ccccc1C. The van der Waals surface area contributed by atoms with Crippen LogP contribution in [0.4, 0.5) is 0 Å². The van der Waals surface area contributed by atoms with E-state index in [2.05, 4.69) is 11.9 Å². The lowest BCUT2D eigenvalue weighted by Gasteiger charge is -2.09. The Bertz CT molecular complexity index is 457. The van der Waals surface area contributed by atoms with Crippen LogP contribution in [0.5, 0.6) is 5.75 Å². The van der Waals surface area contributed by atoms with E-state index in [0.717, 1.165) is 16.9 Å². The van der Waals surface area contributed by atoms with Crippen molar-refractivity contribution in [2.45, 2.75) is 26.7 Å². The predicted octanol–water partition coefficient (Wildman–Crippen LogP) is 2.86. The molecule has 0 heterocycles. The molecular weight excluding hydrogens is 266 g/mol. The molecule has 0 spiro atoms. The maximum atomic E-state index is 11.6. The molecule has 0 saturated heterocycles. The molecule has 1 N–H and O–H groups in total. The van der Waals surface area contributed by atoms with E-state index in [1.807, 2.05) is 38.1 Å². The lowest BCUT2D eigenvalue weighted by atomic mass is 10.2. The van der Waals surface area contributed by atoms with Gasteiger partial charge in [-0.1, -0.05) is 30.4 Å². The Morgan fingerprint density at radius 2 is 2.05 bits per heavy atom. The number of benzene rings is 1. The van der Waals surface area contributed by atoms with Gasteiger partial charge in [-0.2, -0.15) is 0 Å². The molecule has 0 unspecified atom stereocenters. The second-order valence-electron chi connectivity index (χ2n) is 5.08. The fraction of sp³-hybridized carbons (Fsp3) is 0.471. The molecule has 0 aliphatic carbocycles. The van der Waals surface area contributed by atoms with Gasteiger partial charge in [-0.25, -0.2) is 0 Å². The third kappa shape index (κ3) is 8.15. The number of para-hydroxylation sites is 1. The van der Waals surface area contributed by atoms with Crippen molar-refractivity contribution in [1.29, 1.82) is 0 Å². The van der Waals surface area contributed by atoms with Crippen LogP contribution >= 0.6 is 0 Å². The minimum absolute atomic E-state index is 0.0299. The van der Waals surface area contributed by atoms with Gasteiger partial charge in [0.2, 0.25) is 5.91 Å². The van der Waals surface area contributed by atoms with Crippen LogP contribution in [0.25, 0.3) is 0 Å². The van der Waals surface area contributed by atoms with Gasteiger partial charge in [-0.15, -0.1) is 0 Å². The van der Waals surface area contributed by atoms with Gasteiger partial charge in [0.15, 0.2) is 0 Å². The first-order chi connectivity index (χ1) is 10.1. The lowest BCUT2D eigenvalue weighted by molar-refractivity contribution is -0.121. The van der Waals surface area contributed by atoms with Crippen LogP contribution in [0, 0.1) is 6.92 Å². The second-order valence-corrected chi connectivity index (χ2v) is 5.08. The minimum Gasteiger partial charge on any atom is -0.493 e. The molecule has 1 aromatic carbocycles. The summed E-state index contributed by atoms with van der Waals surface area (Å²) in [4.78, 5) is 11.6. The predicted molar refractivity (Wildman–Crippen MR) is 84.6 cm³/mol. The number of carbonyl (C=O) groups excluding carboxylic acids is 1. The van der Waals surface area contributed by atoms with Crippen LogP contribution in [-0.2, 0) is 9.53 Å². The summed E-state index contributed by atoms with van der Waals surface area (Å²) < 4.78 is 10.9. The number of ether oxygens (including phenoxy) is 2. The topological polar surface area (TPSA) is 47.6 Å². The van der Waals surface area contributed by atoms with Crippen molar-refractivity contribution in [2.75, 3.05) is 26.4 Å². The van der Waals surface area contributed by atoms with Crippen molar-refractivity contribution in [3.05, 3.63) is 42.0 Å². The number of aryl methyl sites for hydroxylation is 1. The molecule has 0 aromatic heterocycles. The van der Waals surface area contributed by atoms with E-state index in [1.165, 1.54) is 0 Å². The van der Waals surface area contributed by atoms with Gasteiger partial charge in [0.25, 0.3) is 0 Å². The van der Waals surface area contributed by atoms with Crippen LogP contribution < -0.4 is 10.1 Å². The molecule has 21 heavy (non-hydrogen) atoms. The van der Waals surface area contributed by atoms with Gasteiger partial charge in [0.05, 0.1) is 19.8 Å². The second kappa shape index (κ2) is 10.00. The Kier molecular flexibility index (Phi) is 8.21. The van der Waals surface area contributed by atoms with Gasteiger partial charge in [-0.3, -0.25) is 4.79 Å². The summed E-state index contributed by atoms with van der Waals surface area (Å²) in [5, 5.41) is 2.82. The molecule has 0 saturated carbocycles. The molecule has 116 valence electrons. The molecule has 0 atom stereocenters. The molecule has 1 aromatic rings. The summed E-state index contributed by atoms with van der Waals surface area (Å²) in [6.45, 7) is 9.79. The van der Waals surface area contributed by atoms with E-state index >= 15 is 0 Å². The van der Waals surface area contributed by atoms with E-state index < -0.39 is 0 Å². The van der Waals surface area contributed by atoms with Crippen molar-refractivity contribution >= 4 is 5.91 Å². The number of nitrogens with one attached hydrogen (secondary N) is 1. The summed E-state index contributed by atoms with van der Waals surface area (Å²) in [6.07, 6.45) is 1.17. The molecule has 4 heteroatoms. The highest BCUT2D eigenvalue weighted by atomic mass is 16.5. The third-order valence-electron chi connectivity index (χ3n) is 2.82. The van der Waals surface area contributed by atoms with E-state index in [9.17, 15) is 4.79 Å². The fourth-order valence-electron chi connectivity index (χ4n) is 1.73. The highest BCUT2D eigenvalue weighted by molar-refractivity contribution is 5.75. The highest BCUT2D eigenvalue weighted by Crippen LogP contribution is 2.16. The molecular formula is C17H25NO3. The average molecular weight is 291 g/mol. The average Bonchev–Trinajstić information content (AvgIpc) is 2.44. The van der Waals surface area contributed by atoms with Crippen LogP contribution in [0.15, 0.2) is 36.4 Å². The number of hydrogen-bond acceptors (Lipinski definition) is 3. The molecule has 0 bridgehead atoms. The van der Waals surface area contributed by atoms with Crippen LogP contribution in [0.2, 0.25) is 0 Å². The van der Waals surface area contributed by atoms with Gasteiger partial charge >= 0.3 is 0 Å². The smallest absolute Gasteiger partial charge is 0.220 e. The first-order valence-electron chi connectivity index (χ1n) is 7.27. The monoisotopic (exact) mass is 291 g/mol. The summed E-state index contributed by atoms with van der Waals surface area (Å²) >= 11 is 0. The maximum Gasteiger partial charge on any atom is 0.220 e. The summed E-state index contributed by atoms with van der Waals surface area (Å²) in [5.41, 5.74) is 2.09. The minimum atomic E-state index is 0.0299. The molecule has 0 aliphatic rings. The number of rotatable bonds is 10. The zero-order chi connectivity index (χ0) is 15.5. The van der Waals surface area contributed by atoms with Crippen molar-refractivity contribution in [3.63, 3.8) is 0 Å². The highest BCUT2D eigenvalue weighted by Gasteiger charge is 2.02. The normalized spacial score (nSPS) is 10.2. The van der Waals surface area contributed by atoms with E-state index in [0.29, 0.717) is 39.2 Å². The van der Waals surface area contributed by atoms with Gasteiger partial charge in [0.1, 0.15) is 5.75 Å². The van der Waals surface area contributed by atoms with Crippen molar-refractivity contribution in [2.24, 2.45) is 0 Å². The Balaban J connectivity index is 2.03. The van der Waals surface area contributed by atoms with Gasteiger partial charge in [-0.05, 0) is 31.9 Å². The largest absolute Gasteiger partial charge is 0.493 e. The molecule has 0 aliphatic heterocycles. The van der Waals surface area contributed by atoms with E-state index in [-0.39, 0.29) is 5.91 Å². The first kappa shape index (κ1) is 17.2. The number of carbonyl (C=O) groups is 1. The van der Waals surface area contributed by atoms with Crippen LogP contribution in [-0.4, -0.2) is 32.3 Å². The van der Waals surface area contributed by atoms with E-state index in [4.69, 9.17) is 9.47 Å². The Morgan fingerprint density at radius 3 is 2.76 bits per heavy atom. The molecule has 4 nitrogen and oxygen atoms in total. The van der Waals surface area contributed by atoms with Crippen LogP contribution in [0.3, 0.4) is 0 Å². The zero-order valence-electron chi connectivity index (χ0n) is 13.0. The van der Waals surface area contributed by atoms with Gasteiger partial charge < -0.3 is 14.8 Å². The zero-order valence-corrected chi connectivity index (χ0v) is 13.0. The van der Waals surface area contributed by atoms with Crippen molar-refractivity contribution in [3.8, 4) is 5.75 Å². The molecule has 1 rings (SSSR count).